The molecule has 2 aromatic carbocycles. The predicted molar refractivity (Wildman–Crippen MR) is 101 cm³/mol. The minimum Gasteiger partial charge on any atom is -0.325 e. The molecule has 1 aliphatic rings. The Bertz CT molecular complexity index is 1010. The number of anilines is 1. The Labute approximate surface area is 162 Å². The maximum Gasteiger partial charge on any atom is 0.294 e. The van der Waals surface area contributed by atoms with Gasteiger partial charge in [0, 0.05) is 17.8 Å². The lowest BCUT2D eigenvalue weighted by atomic mass is 10.2. The third-order valence-corrected chi connectivity index (χ3v) is 4.59. The zero-order valence-corrected chi connectivity index (χ0v) is 14.9. The van der Waals surface area contributed by atoms with Crippen molar-refractivity contribution in [3.05, 3.63) is 74.9 Å². The van der Waals surface area contributed by atoms with E-state index in [0.29, 0.717) is 23.0 Å². The number of amides is 3. The quantitative estimate of drug-likeness (QED) is 0.467. The molecular formula is C18H12FN3O5S. The third kappa shape index (κ3) is 4.41. The minimum atomic E-state index is -0.671. The summed E-state index contributed by atoms with van der Waals surface area (Å²) >= 11 is 0.640. The second kappa shape index (κ2) is 8.01. The molecule has 2 aromatic rings. The van der Waals surface area contributed by atoms with E-state index in [1.54, 1.807) is 6.07 Å². The lowest BCUT2D eigenvalue weighted by molar-refractivity contribution is -0.384. The molecule has 28 heavy (non-hydrogen) atoms. The smallest absolute Gasteiger partial charge is 0.294 e. The lowest BCUT2D eigenvalue weighted by Crippen LogP contribution is -2.36. The first-order valence-electron chi connectivity index (χ1n) is 7.89. The molecule has 1 fully saturated rings. The highest BCUT2D eigenvalue weighted by Gasteiger charge is 2.36. The number of non-ortho nitro benzene ring substituents is 1. The van der Waals surface area contributed by atoms with Gasteiger partial charge in [-0.1, -0.05) is 12.1 Å². The van der Waals surface area contributed by atoms with E-state index < -0.39 is 34.3 Å². The Morgan fingerprint density at radius 2 is 1.93 bits per heavy atom. The van der Waals surface area contributed by atoms with Gasteiger partial charge in [-0.05, 0) is 47.7 Å². The molecule has 142 valence electrons. The van der Waals surface area contributed by atoms with Crippen molar-refractivity contribution >= 4 is 46.3 Å². The van der Waals surface area contributed by atoms with Gasteiger partial charge in [-0.2, -0.15) is 0 Å². The summed E-state index contributed by atoms with van der Waals surface area (Å²) in [6.07, 6.45) is 1.36. The van der Waals surface area contributed by atoms with Crippen molar-refractivity contribution in [3.63, 3.8) is 0 Å². The van der Waals surface area contributed by atoms with Crippen LogP contribution in [0.5, 0.6) is 0 Å². The van der Waals surface area contributed by atoms with Gasteiger partial charge in [-0.15, -0.1) is 0 Å². The van der Waals surface area contributed by atoms with Crippen LogP contribution >= 0.6 is 11.8 Å². The molecule has 0 bridgehead atoms. The summed E-state index contributed by atoms with van der Waals surface area (Å²) in [6.45, 7) is -0.506. The van der Waals surface area contributed by atoms with E-state index in [1.807, 2.05) is 0 Å². The van der Waals surface area contributed by atoms with Crippen LogP contribution in [0.1, 0.15) is 5.56 Å². The number of imide groups is 1. The van der Waals surface area contributed by atoms with Crippen LogP contribution in [0.4, 0.5) is 20.6 Å². The molecule has 0 aliphatic carbocycles. The molecule has 8 nitrogen and oxygen atoms in total. The van der Waals surface area contributed by atoms with Crippen LogP contribution in [0, 0.1) is 15.9 Å². The van der Waals surface area contributed by atoms with Crippen LogP contribution in [0.15, 0.2) is 53.4 Å². The van der Waals surface area contributed by atoms with Crippen LogP contribution in [0.2, 0.25) is 0 Å². The van der Waals surface area contributed by atoms with Gasteiger partial charge in [0.2, 0.25) is 5.91 Å². The van der Waals surface area contributed by atoms with Gasteiger partial charge in [-0.25, -0.2) is 4.39 Å². The van der Waals surface area contributed by atoms with Gasteiger partial charge in [0.25, 0.3) is 16.8 Å². The molecule has 3 amide bonds. The van der Waals surface area contributed by atoms with Gasteiger partial charge < -0.3 is 5.32 Å². The number of nitro benzene ring substituents is 1. The number of carbonyl (C=O) groups excluding carboxylic acids is 3. The van der Waals surface area contributed by atoms with E-state index in [4.69, 9.17) is 0 Å². The highest BCUT2D eigenvalue weighted by molar-refractivity contribution is 8.18. The highest BCUT2D eigenvalue weighted by atomic mass is 32.2. The average Bonchev–Trinajstić information content (AvgIpc) is 2.91. The predicted octanol–water partition coefficient (Wildman–Crippen LogP) is 3.41. The van der Waals surface area contributed by atoms with Crippen molar-refractivity contribution in [1.29, 1.82) is 0 Å². The Morgan fingerprint density at radius 3 is 2.61 bits per heavy atom. The molecule has 0 radical (unpaired) electrons. The second-order valence-electron chi connectivity index (χ2n) is 5.68. The summed E-state index contributed by atoms with van der Waals surface area (Å²) in [6, 6.07) is 10.6. The van der Waals surface area contributed by atoms with E-state index in [-0.39, 0.29) is 10.6 Å². The Morgan fingerprint density at radius 1 is 1.21 bits per heavy atom. The molecule has 0 saturated carbocycles. The number of hydrogen-bond donors (Lipinski definition) is 1. The number of benzene rings is 2. The molecule has 0 atom stereocenters. The summed E-state index contributed by atoms with van der Waals surface area (Å²) in [5.41, 5.74) is 0.563. The molecular weight excluding hydrogens is 389 g/mol. The summed E-state index contributed by atoms with van der Waals surface area (Å²) in [5, 5.41) is 12.7. The third-order valence-electron chi connectivity index (χ3n) is 3.68. The van der Waals surface area contributed by atoms with Crippen molar-refractivity contribution in [2.45, 2.75) is 0 Å². The fraction of sp³-hybridized carbons (Fsp3) is 0.0556. The highest BCUT2D eigenvalue weighted by Crippen LogP contribution is 2.32. The van der Waals surface area contributed by atoms with Gasteiger partial charge in [-0.3, -0.25) is 29.4 Å². The molecule has 0 aromatic heterocycles. The van der Waals surface area contributed by atoms with Crippen LogP contribution < -0.4 is 5.32 Å². The normalized spacial score (nSPS) is 15.2. The van der Waals surface area contributed by atoms with Crippen LogP contribution in [-0.2, 0) is 9.59 Å². The maximum absolute atomic E-state index is 12.9. The van der Waals surface area contributed by atoms with E-state index in [2.05, 4.69) is 5.32 Å². The molecule has 3 rings (SSSR count). The van der Waals surface area contributed by atoms with Gasteiger partial charge in [0.15, 0.2) is 0 Å². The van der Waals surface area contributed by atoms with E-state index in [9.17, 15) is 28.9 Å². The van der Waals surface area contributed by atoms with Crippen molar-refractivity contribution in [2.75, 3.05) is 11.9 Å². The van der Waals surface area contributed by atoms with Crippen LogP contribution in [-0.4, -0.2) is 33.4 Å². The number of halogens is 1. The molecule has 1 heterocycles. The first-order chi connectivity index (χ1) is 13.3. The molecule has 0 unspecified atom stereocenters. The fourth-order valence-electron chi connectivity index (χ4n) is 2.39. The lowest BCUT2D eigenvalue weighted by Gasteiger charge is -2.12. The molecule has 0 spiro atoms. The number of hydrogen-bond acceptors (Lipinski definition) is 6. The Hall–Kier alpha value is -3.53. The number of carbonyl (C=O) groups is 3. The fourth-order valence-corrected chi connectivity index (χ4v) is 3.23. The van der Waals surface area contributed by atoms with Crippen molar-refractivity contribution in [3.8, 4) is 0 Å². The SMILES string of the molecule is O=C(CN1C(=O)SC(=Cc2cccc([N+](=O)[O-])c2)C1=O)Nc1ccc(F)cc1. The molecule has 1 saturated heterocycles. The zero-order valence-electron chi connectivity index (χ0n) is 14.1. The van der Waals surface area contributed by atoms with Gasteiger partial charge in [0.1, 0.15) is 12.4 Å². The Kier molecular flexibility index (Phi) is 5.50. The standard InChI is InChI=1S/C18H12FN3O5S/c19-12-4-6-13(7-5-12)20-16(23)10-21-17(24)15(28-18(21)25)9-11-2-1-3-14(8-11)22(26)27/h1-9H,10H2,(H,20,23). The first-order valence-corrected chi connectivity index (χ1v) is 8.70. The molecule has 10 heteroatoms. The number of nitrogens with one attached hydrogen (secondary N) is 1. The Balaban J connectivity index is 1.71. The number of nitro groups is 1. The van der Waals surface area contributed by atoms with Crippen molar-refractivity contribution in [1.82, 2.24) is 4.90 Å². The minimum absolute atomic E-state index is 0.0556. The van der Waals surface area contributed by atoms with E-state index >= 15 is 0 Å². The number of rotatable bonds is 5. The average molecular weight is 401 g/mol. The van der Waals surface area contributed by atoms with Crippen LogP contribution in [0.3, 0.4) is 0 Å². The largest absolute Gasteiger partial charge is 0.325 e. The molecule has 1 aliphatic heterocycles. The summed E-state index contributed by atoms with van der Waals surface area (Å²) in [4.78, 5) is 47.7. The molecule has 1 N–H and O–H groups in total. The van der Waals surface area contributed by atoms with Gasteiger partial charge >= 0.3 is 0 Å². The van der Waals surface area contributed by atoms with Crippen molar-refractivity contribution < 1.29 is 23.7 Å². The maximum atomic E-state index is 12.9. The number of nitrogens with zero attached hydrogens (tertiary/aromatic N) is 2. The zero-order chi connectivity index (χ0) is 20.3. The monoisotopic (exact) mass is 401 g/mol. The summed E-state index contributed by atoms with van der Waals surface area (Å²) in [7, 11) is 0. The summed E-state index contributed by atoms with van der Waals surface area (Å²) in [5.74, 6) is -1.75. The van der Waals surface area contributed by atoms with Gasteiger partial charge in [0.05, 0.1) is 9.83 Å². The summed E-state index contributed by atoms with van der Waals surface area (Å²) < 4.78 is 12.9. The van der Waals surface area contributed by atoms with Crippen LogP contribution in [0.25, 0.3) is 6.08 Å². The topological polar surface area (TPSA) is 110 Å². The van der Waals surface area contributed by atoms with E-state index in [0.717, 1.165) is 17.0 Å². The second-order valence-corrected chi connectivity index (χ2v) is 6.67. The first kappa shape index (κ1) is 19.2. The van der Waals surface area contributed by atoms with E-state index in [1.165, 1.54) is 36.4 Å². The van der Waals surface area contributed by atoms with Crippen molar-refractivity contribution in [2.24, 2.45) is 0 Å². The number of thioether (sulfide) groups is 1.